The lowest BCUT2D eigenvalue weighted by molar-refractivity contribution is -0.143. The van der Waals surface area contributed by atoms with Crippen LogP contribution >= 0.6 is 22.7 Å². The maximum atomic E-state index is 12.4. The SMILES string of the molecule is CCCNC(=O)CNC(=O)COC(=O)/C(=C/c1cccs1)c1cccs1. The van der Waals surface area contributed by atoms with Gasteiger partial charge in [-0.2, -0.15) is 0 Å². The summed E-state index contributed by atoms with van der Waals surface area (Å²) in [5.41, 5.74) is 0.399. The van der Waals surface area contributed by atoms with E-state index in [1.165, 1.54) is 22.7 Å². The molecule has 0 radical (unpaired) electrons. The van der Waals surface area contributed by atoms with Gasteiger partial charge < -0.3 is 15.4 Å². The fraction of sp³-hybridized carbons (Fsp3) is 0.278. The van der Waals surface area contributed by atoms with E-state index in [9.17, 15) is 14.4 Å². The number of hydrogen-bond acceptors (Lipinski definition) is 6. The molecule has 8 heteroatoms. The van der Waals surface area contributed by atoms with Crippen LogP contribution in [-0.4, -0.2) is 37.5 Å². The van der Waals surface area contributed by atoms with Crippen molar-refractivity contribution in [3.05, 3.63) is 44.8 Å². The number of ether oxygens (including phenoxy) is 1. The number of thiophene rings is 2. The molecule has 0 spiro atoms. The van der Waals surface area contributed by atoms with Crippen LogP contribution in [-0.2, 0) is 19.1 Å². The molecular formula is C18H20N2O4S2. The summed E-state index contributed by atoms with van der Waals surface area (Å²) in [7, 11) is 0. The lowest BCUT2D eigenvalue weighted by Crippen LogP contribution is -2.38. The monoisotopic (exact) mass is 392 g/mol. The van der Waals surface area contributed by atoms with Crippen LogP contribution < -0.4 is 10.6 Å². The number of carbonyl (C=O) groups is 3. The average molecular weight is 393 g/mol. The van der Waals surface area contributed by atoms with Crippen molar-refractivity contribution in [2.75, 3.05) is 19.7 Å². The van der Waals surface area contributed by atoms with Crippen molar-refractivity contribution in [3.8, 4) is 0 Å². The van der Waals surface area contributed by atoms with Gasteiger partial charge in [0.05, 0.1) is 12.1 Å². The maximum absolute atomic E-state index is 12.4. The van der Waals surface area contributed by atoms with Crippen LogP contribution in [0.1, 0.15) is 23.1 Å². The number of carbonyl (C=O) groups excluding carboxylic acids is 3. The summed E-state index contributed by atoms with van der Waals surface area (Å²) in [5.74, 6) is -1.37. The first kappa shape index (κ1) is 19.9. The highest BCUT2D eigenvalue weighted by molar-refractivity contribution is 7.12. The van der Waals surface area contributed by atoms with Gasteiger partial charge in [-0.3, -0.25) is 9.59 Å². The molecule has 2 rings (SSSR count). The van der Waals surface area contributed by atoms with Crippen LogP contribution in [0.5, 0.6) is 0 Å². The summed E-state index contributed by atoms with van der Waals surface area (Å²) in [6.07, 6.45) is 2.56. The molecule has 0 aliphatic heterocycles. The summed E-state index contributed by atoms with van der Waals surface area (Å²) < 4.78 is 5.11. The molecule has 138 valence electrons. The Morgan fingerprint density at radius 3 is 2.50 bits per heavy atom. The first-order valence-electron chi connectivity index (χ1n) is 8.09. The number of amides is 2. The molecule has 0 saturated carbocycles. The van der Waals surface area contributed by atoms with E-state index in [0.29, 0.717) is 12.1 Å². The number of nitrogens with one attached hydrogen (secondary N) is 2. The molecule has 0 bridgehead atoms. The third kappa shape index (κ3) is 6.45. The third-order valence-electron chi connectivity index (χ3n) is 3.19. The lowest BCUT2D eigenvalue weighted by Gasteiger charge is -2.08. The van der Waals surface area contributed by atoms with Crippen molar-refractivity contribution in [1.29, 1.82) is 0 Å². The fourth-order valence-electron chi connectivity index (χ4n) is 1.94. The quantitative estimate of drug-likeness (QED) is 0.507. The van der Waals surface area contributed by atoms with Crippen molar-refractivity contribution in [3.63, 3.8) is 0 Å². The molecular weight excluding hydrogens is 372 g/mol. The van der Waals surface area contributed by atoms with Crippen molar-refractivity contribution in [2.45, 2.75) is 13.3 Å². The van der Waals surface area contributed by atoms with Crippen molar-refractivity contribution >= 4 is 52.1 Å². The second-order valence-electron chi connectivity index (χ2n) is 5.25. The molecule has 0 aromatic carbocycles. The number of rotatable bonds is 9. The number of esters is 1. The molecule has 2 aromatic heterocycles. The van der Waals surface area contributed by atoms with E-state index in [2.05, 4.69) is 10.6 Å². The van der Waals surface area contributed by atoms with Crippen molar-refractivity contribution < 1.29 is 19.1 Å². The summed E-state index contributed by atoms with van der Waals surface area (Å²) in [5, 5.41) is 8.85. The predicted molar refractivity (Wildman–Crippen MR) is 104 cm³/mol. The van der Waals surface area contributed by atoms with Gasteiger partial charge in [-0.05, 0) is 35.4 Å². The lowest BCUT2D eigenvalue weighted by atomic mass is 10.2. The Bertz CT molecular complexity index is 752. The second kappa shape index (κ2) is 10.5. The van der Waals surface area contributed by atoms with E-state index < -0.39 is 18.5 Å². The molecule has 2 aromatic rings. The summed E-state index contributed by atoms with van der Waals surface area (Å²) >= 11 is 2.92. The maximum Gasteiger partial charge on any atom is 0.340 e. The average Bonchev–Trinajstić information content (AvgIpc) is 3.34. The molecule has 0 fully saturated rings. The minimum Gasteiger partial charge on any atom is -0.452 e. The molecule has 2 amide bonds. The van der Waals surface area contributed by atoms with Gasteiger partial charge in [-0.1, -0.05) is 19.1 Å². The van der Waals surface area contributed by atoms with E-state index in [4.69, 9.17) is 4.74 Å². The standard InChI is InChI=1S/C18H20N2O4S2/c1-2-7-19-16(21)11-20-17(22)12-24-18(23)14(15-6-4-9-26-15)10-13-5-3-8-25-13/h3-6,8-10H,2,7,11-12H2,1H3,(H,19,21)(H,20,22)/b14-10+. The largest absolute Gasteiger partial charge is 0.452 e. The highest BCUT2D eigenvalue weighted by Gasteiger charge is 2.17. The van der Waals surface area contributed by atoms with Gasteiger partial charge >= 0.3 is 5.97 Å². The van der Waals surface area contributed by atoms with E-state index in [0.717, 1.165) is 16.2 Å². The van der Waals surface area contributed by atoms with E-state index in [-0.39, 0.29) is 12.5 Å². The molecule has 0 saturated heterocycles. The molecule has 2 N–H and O–H groups in total. The number of hydrogen-bond donors (Lipinski definition) is 2. The van der Waals surface area contributed by atoms with E-state index >= 15 is 0 Å². The topological polar surface area (TPSA) is 84.5 Å². The molecule has 2 heterocycles. The van der Waals surface area contributed by atoms with Gasteiger partial charge in [0.15, 0.2) is 6.61 Å². The zero-order valence-corrected chi connectivity index (χ0v) is 16.0. The van der Waals surface area contributed by atoms with Crippen molar-refractivity contribution in [2.24, 2.45) is 0 Å². The van der Waals surface area contributed by atoms with Crippen LogP contribution in [0.4, 0.5) is 0 Å². The smallest absolute Gasteiger partial charge is 0.340 e. The Hall–Kier alpha value is -2.45. The Morgan fingerprint density at radius 1 is 1.08 bits per heavy atom. The van der Waals surface area contributed by atoms with Gasteiger partial charge in [-0.25, -0.2) is 4.79 Å². The zero-order chi connectivity index (χ0) is 18.8. The summed E-state index contributed by atoms with van der Waals surface area (Å²) in [6.45, 7) is 1.92. The highest BCUT2D eigenvalue weighted by Crippen LogP contribution is 2.25. The molecule has 0 atom stereocenters. The molecule has 0 aliphatic rings. The van der Waals surface area contributed by atoms with Gasteiger partial charge in [-0.15, -0.1) is 22.7 Å². The Morgan fingerprint density at radius 2 is 1.85 bits per heavy atom. The minimum absolute atomic E-state index is 0.140. The molecule has 6 nitrogen and oxygen atoms in total. The molecule has 0 aliphatic carbocycles. The first-order chi connectivity index (χ1) is 12.6. The summed E-state index contributed by atoms with van der Waals surface area (Å²) in [6, 6.07) is 7.46. The van der Waals surface area contributed by atoms with Crippen LogP contribution in [0, 0.1) is 0 Å². The summed E-state index contributed by atoms with van der Waals surface area (Å²) in [4.78, 5) is 37.3. The Kier molecular flexibility index (Phi) is 8.04. The minimum atomic E-state index is -0.577. The molecule has 26 heavy (non-hydrogen) atoms. The zero-order valence-electron chi connectivity index (χ0n) is 14.3. The first-order valence-corrected chi connectivity index (χ1v) is 9.85. The van der Waals surface area contributed by atoms with E-state index in [1.807, 2.05) is 41.9 Å². The molecule has 0 unspecified atom stereocenters. The second-order valence-corrected chi connectivity index (χ2v) is 7.18. The van der Waals surface area contributed by atoms with Gasteiger partial charge in [0, 0.05) is 16.3 Å². The normalized spacial score (nSPS) is 11.0. The van der Waals surface area contributed by atoms with Crippen LogP contribution in [0.3, 0.4) is 0 Å². The Labute approximate surface area is 159 Å². The highest BCUT2D eigenvalue weighted by atomic mass is 32.1. The van der Waals surface area contributed by atoms with Crippen LogP contribution in [0.25, 0.3) is 11.6 Å². The third-order valence-corrected chi connectivity index (χ3v) is 4.91. The van der Waals surface area contributed by atoms with Gasteiger partial charge in [0.25, 0.3) is 5.91 Å². The fourth-order valence-corrected chi connectivity index (χ4v) is 3.33. The predicted octanol–water partition coefficient (Wildman–Crippen LogP) is 2.54. The van der Waals surface area contributed by atoms with Gasteiger partial charge in [0.2, 0.25) is 5.91 Å². The van der Waals surface area contributed by atoms with Crippen LogP contribution in [0.15, 0.2) is 35.0 Å². The van der Waals surface area contributed by atoms with Crippen molar-refractivity contribution in [1.82, 2.24) is 10.6 Å². The Balaban J connectivity index is 1.90. The van der Waals surface area contributed by atoms with Gasteiger partial charge in [0.1, 0.15) is 0 Å². The van der Waals surface area contributed by atoms with Crippen LogP contribution in [0.2, 0.25) is 0 Å². The van der Waals surface area contributed by atoms with E-state index in [1.54, 1.807) is 6.08 Å².